The van der Waals surface area contributed by atoms with Gasteiger partial charge >= 0.3 is 0 Å². The van der Waals surface area contributed by atoms with Crippen molar-refractivity contribution in [2.75, 3.05) is 5.32 Å². The fraction of sp³-hybridized carbons (Fsp3) is 0.250. The molecule has 118 valence electrons. The predicted octanol–water partition coefficient (Wildman–Crippen LogP) is 6.70. The SMILES string of the molecule is CC(C)Oc1c(Cl)cc(Cl)cc1CNc1ccc(Cl)c(Cl)c1. The van der Waals surface area contributed by atoms with E-state index in [4.69, 9.17) is 51.1 Å². The van der Waals surface area contributed by atoms with Crippen molar-refractivity contribution in [1.82, 2.24) is 0 Å². The van der Waals surface area contributed by atoms with Gasteiger partial charge in [0.15, 0.2) is 0 Å². The van der Waals surface area contributed by atoms with Gasteiger partial charge in [0.1, 0.15) is 5.75 Å². The molecule has 0 spiro atoms. The fourth-order valence-electron chi connectivity index (χ4n) is 1.92. The van der Waals surface area contributed by atoms with Crippen LogP contribution in [0, 0.1) is 0 Å². The summed E-state index contributed by atoms with van der Waals surface area (Å²) in [4.78, 5) is 0. The number of ether oxygens (including phenoxy) is 1. The highest BCUT2D eigenvalue weighted by Gasteiger charge is 2.12. The van der Waals surface area contributed by atoms with Crippen LogP contribution in [0.1, 0.15) is 19.4 Å². The topological polar surface area (TPSA) is 21.3 Å². The van der Waals surface area contributed by atoms with E-state index in [9.17, 15) is 0 Å². The van der Waals surface area contributed by atoms with Crippen LogP contribution in [0.15, 0.2) is 30.3 Å². The molecule has 1 N–H and O–H groups in total. The van der Waals surface area contributed by atoms with Crippen molar-refractivity contribution >= 4 is 52.1 Å². The highest BCUT2D eigenvalue weighted by Crippen LogP contribution is 2.34. The molecule has 22 heavy (non-hydrogen) atoms. The molecule has 0 atom stereocenters. The zero-order chi connectivity index (χ0) is 16.3. The van der Waals surface area contributed by atoms with E-state index in [1.807, 2.05) is 26.0 Å². The Labute approximate surface area is 150 Å². The molecule has 0 aromatic heterocycles. The molecule has 2 nitrogen and oxygen atoms in total. The van der Waals surface area contributed by atoms with Crippen molar-refractivity contribution in [3.05, 3.63) is 56.0 Å². The van der Waals surface area contributed by atoms with Gasteiger partial charge in [0.2, 0.25) is 0 Å². The van der Waals surface area contributed by atoms with Crippen LogP contribution in [0.5, 0.6) is 5.75 Å². The zero-order valence-electron chi connectivity index (χ0n) is 12.1. The third-order valence-corrected chi connectivity index (χ3v) is 4.08. The van der Waals surface area contributed by atoms with Crippen molar-refractivity contribution in [3.8, 4) is 5.75 Å². The molecule has 0 fully saturated rings. The van der Waals surface area contributed by atoms with Gasteiger partial charge in [-0.2, -0.15) is 0 Å². The van der Waals surface area contributed by atoms with Crippen molar-refractivity contribution in [3.63, 3.8) is 0 Å². The third kappa shape index (κ3) is 4.60. The Morgan fingerprint density at radius 2 is 1.68 bits per heavy atom. The van der Waals surface area contributed by atoms with Crippen LogP contribution in [-0.4, -0.2) is 6.10 Å². The van der Waals surface area contributed by atoms with Crippen LogP contribution < -0.4 is 10.1 Å². The second-order valence-corrected chi connectivity index (χ2v) is 6.68. The number of nitrogens with one attached hydrogen (secondary N) is 1. The molecule has 0 aliphatic rings. The quantitative estimate of drug-likeness (QED) is 0.624. The number of hydrogen-bond donors (Lipinski definition) is 1. The normalized spacial score (nSPS) is 10.9. The Balaban J connectivity index is 2.22. The molecule has 2 aromatic carbocycles. The molecule has 0 unspecified atom stereocenters. The molecule has 0 saturated carbocycles. The zero-order valence-corrected chi connectivity index (χ0v) is 15.1. The van der Waals surface area contributed by atoms with Crippen LogP contribution in [0.4, 0.5) is 5.69 Å². The van der Waals surface area contributed by atoms with Crippen molar-refractivity contribution < 1.29 is 4.74 Å². The summed E-state index contributed by atoms with van der Waals surface area (Å²) in [5, 5.41) is 5.32. The monoisotopic (exact) mass is 377 g/mol. The summed E-state index contributed by atoms with van der Waals surface area (Å²) in [6.45, 7) is 4.39. The first-order valence-electron chi connectivity index (χ1n) is 6.70. The summed E-state index contributed by atoms with van der Waals surface area (Å²) in [5.41, 5.74) is 1.72. The first-order valence-corrected chi connectivity index (χ1v) is 8.21. The van der Waals surface area contributed by atoms with Gasteiger partial charge in [0.05, 0.1) is 21.2 Å². The summed E-state index contributed by atoms with van der Waals surface area (Å²) >= 11 is 24.2. The van der Waals surface area contributed by atoms with E-state index in [-0.39, 0.29) is 6.10 Å². The van der Waals surface area contributed by atoms with Crippen LogP contribution >= 0.6 is 46.4 Å². The number of benzene rings is 2. The molecular weight excluding hydrogens is 364 g/mol. The third-order valence-electron chi connectivity index (χ3n) is 2.84. The summed E-state index contributed by atoms with van der Waals surface area (Å²) < 4.78 is 5.78. The van der Waals surface area contributed by atoms with Gasteiger partial charge in [-0.05, 0) is 44.2 Å². The van der Waals surface area contributed by atoms with Crippen molar-refractivity contribution in [2.45, 2.75) is 26.5 Å². The molecule has 0 aliphatic heterocycles. The minimum Gasteiger partial charge on any atom is -0.489 e. The van der Waals surface area contributed by atoms with E-state index in [0.717, 1.165) is 11.3 Å². The molecule has 6 heteroatoms. The first-order chi connectivity index (χ1) is 10.4. The summed E-state index contributed by atoms with van der Waals surface area (Å²) in [5.74, 6) is 0.633. The van der Waals surface area contributed by atoms with E-state index in [1.165, 1.54) is 0 Å². The summed E-state index contributed by atoms with van der Waals surface area (Å²) in [6.07, 6.45) is 0.0161. The van der Waals surface area contributed by atoms with Crippen molar-refractivity contribution in [1.29, 1.82) is 0 Å². The minimum absolute atomic E-state index is 0.0161. The Morgan fingerprint density at radius 3 is 2.32 bits per heavy atom. The molecule has 2 rings (SSSR count). The van der Waals surface area contributed by atoms with Gasteiger partial charge in [-0.15, -0.1) is 0 Å². The maximum atomic E-state index is 6.23. The standard InChI is InChI=1S/C16H15Cl4NO/c1-9(2)22-16-10(5-11(17)6-15(16)20)8-21-12-3-4-13(18)14(19)7-12/h3-7,9,21H,8H2,1-2H3. The molecule has 0 aliphatic carbocycles. The lowest BCUT2D eigenvalue weighted by molar-refractivity contribution is 0.240. The van der Waals surface area contributed by atoms with Gasteiger partial charge in [0.25, 0.3) is 0 Å². The van der Waals surface area contributed by atoms with E-state index >= 15 is 0 Å². The second kappa shape index (κ2) is 7.65. The van der Waals surface area contributed by atoms with Crippen LogP contribution in [-0.2, 0) is 6.54 Å². The maximum absolute atomic E-state index is 6.23. The fourth-order valence-corrected chi connectivity index (χ4v) is 2.79. The Bertz CT molecular complexity index is 673. The Hall–Kier alpha value is -0.800. The largest absolute Gasteiger partial charge is 0.489 e. The Morgan fingerprint density at radius 1 is 0.955 bits per heavy atom. The van der Waals surface area contributed by atoms with Gasteiger partial charge < -0.3 is 10.1 Å². The average Bonchev–Trinajstić information content (AvgIpc) is 2.43. The van der Waals surface area contributed by atoms with Gasteiger partial charge in [0, 0.05) is 22.8 Å². The summed E-state index contributed by atoms with van der Waals surface area (Å²) in [7, 11) is 0. The van der Waals surface area contributed by atoms with Crippen molar-refractivity contribution in [2.24, 2.45) is 0 Å². The lowest BCUT2D eigenvalue weighted by Crippen LogP contribution is -2.10. The van der Waals surface area contributed by atoms with Gasteiger partial charge in [-0.25, -0.2) is 0 Å². The van der Waals surface area contributed by atoms with E-state index in [0.29, 0.717) is 32.4 Å². The predicted molar refractivity (Wildman–Crippen MR) is 96.0 cm³/mol. The smallest absolute Gasteiger partial charge is 0.143 e. The van der Waals surface area contributed by atoms with E-state index in [1.54, 1.807) is 18.2 Å². The molecular formula is C16H15Cl4NO. The molecule has 0 heterocycles. The highest BCUT2D eigenvalue weighted by molar-refractivity contribution is 6.42. The number of anilines is 1. The lowest BCUT2D eigenvalue weighted by Gasteiger charge is -2.17. The number of halogens is 4. The van der Waals surface area contributed by atoms with Crippen LogP contribution in [0.3, 0.4) is 0 Å². The molecule has 0 radical (unpaired) electrons. The van der Waals surface area contributed by atoms with Crippen LogP contribution in [0.2, 0.25) is 20.1 Å². The number of hydrogen-bond acceptors (Lipinski definition) is 2. The van der Waals surface area contributed by atoms with Crippen LogP contribution in [0.25, 0.3) is 0 Å². The molecule has 0 bridgehead atoms. The minimum atomic E-state index is 0.0161. The highest BCUT2D eigenvalue weighted by atomic mass is 35.5. The summed E-state index contributed by atoms with van der Waals surface area (Å²) in [6, 6.07) is 8.85. The van der Waals surface area contributed by atoms with Gasteiger partial charge in [-0.3, -0.25) is 0 Å². The Kier molecular flexibility index (Phi) is 6.10. The lowest BCUT2D eigenvalue weighted by atomic mass is 10.2. The molecule has 0 saturated heterocycles. The maximum Gasteiger partial charge on any atom is 0.143 e. The number of rotatable bonds is 5. The average molecular weight is 379 g/mol. The second-order valence-electron chi connectivity index (χ2n) is 5.02. The molecule has 2 aromatic rings. The molecule has 0 amide bonds. The van der Waals surface area contributed by atoms with E-state index in [2.05, 4.69) is 5.32 Å². The van der Waals surface area contributed by atoms with E-state index < -0.39 is 0 Å². The first kappa shape index (κ1) is 17.6. The van der Waals surface area contributed by atoms with Gasteiger partial charge in [-0.1, -0.05) is 46.4 Å².